The normalized spacial score (nSPS) is 11.7. The minimum Gasteiger partial charge on any atom is -0.379 e. The van der Waals surface area contributed by atoms with E-state index in [1.165, 1.54) is 0 Å². The minimum absolute atomic E-state index is 0.107. The molecule has 0 aromatic heterocycles. The summed E-state index contributed by atoms with van der Waals surface area (Å²) >= 11 is 0. The number of hydrogen-bond donors (Lipinski definition) is 0. The summed E-state index contributed by atoms with van der Waals surface area (Å²) in [5.41, 5.74) is -0.107. The summed E-state index contributed by atoms with van der Waals surface area (Å²) in [5.74, 6) is 0.164. The summed E-state index contributed by atoms with van der Waals surface area (Å²) in [5, 5.41) is 0. The van der Waals surface area contributed by atoms with Crippen LogP contribution in [0.4, 0.5) is 0 Å². The maximum absolute atomic E-state index is 10.5. The Labute approximate surface area is 80.4 Å². The van der Waals surface area contributed by atoms with E-state index in [4.69, 9.17) is 9.47 Å². The fourth-order valence-electron chi connectivity index (χ4n) is 0.725. The molecule has 78 valence electrons. The van der Waals surface area contributed by atoms with E-state index in [0.29, 0.717) is 26.2 Å². The number of Topliss-reactive ketones (excluding diaryl/α,β-unsaturated/α-hetero) is 1. The summed E-state index contributed by atoms with van der Waals surface area (Å²) in [6.07, 6.45) is 0.496. The molecule has 0 fully saturated rings. The smallest absolute Gasteiger partial charge is 0.132 e. The molecule has 3 nitrogen and oxygen atoms in total. The topological polar surface area (TPSA) is 35.5 Å². The van der Waals surface area contributed by atoms with Gasteiger partial charge in [0.15, 0.2) is 0 Å². The zero-order chi connectivity index (χ0) is 10.3. The van der Waals surface area contributed by atoms with E-state index < -0.39 is 0 Å². The molecule has 0 saturated heterocycles. The third kappa shape index (κ3) is 11.6. The summed E-state index contributed by atoms with van der Waals surface area (Å²) < 4.78 is 10.6. The molecule has 0 atom stereocenters. The summed E-state index contributed by atoms with van der Waals surface area (Å²) in [6.45, 7) is 9.22. The van der Waals surface area contributed by atoms with Gasteiger partial charge in [0, 0.05) is 6.42 Å². The van der Waals surface area contributed by atoms with Crippen molar-refractivity contribution in [2.24, 2.45) is 0 Å². The zero-order valence-electron chi connectivity index (χ0n) is 9.05. The van der Waals surface area contributed by atoms with Crippen LogP contribution in [0.5, 0.6) is 0 Å². The average molecular weight is 188 g/mol. The Balaban J connectivity index is 3.13. The molecule has 3 heteroatoms. The lowest BCUT2D eigenvalue weighted by Crippen LogP contribution is -2.22. The van der Waals surface area contributed by atoms with Gasteiger partial charge in [-0.3, -0.25) is 4.79 Å². The van der Waals surface area contributed by atoms with Crippen LogP contribution in [0, 0.1) is 0 Å². The number of carbonyl (C=O) groups is 1. The van der Waals surface area contributed by atoms with E-state index in [1.807, 2.05) is 20.8 Å². The van der Waals surface area contributed by atoms with Crippen LogP contribution in [0.15, 0.2) is 0 Å². The monoisotopic (exact) mass is 188 g/mol. The molecule has 0 rings (SSSR count). The summed E-state index contributed by atoms with van der Waals surface area (Å²) in [4.78, 5) is 10.5. The fourth-order valence-corrected chi connectivity index (χ4v) is 0.725. The molecular formula is C10H20O3. The largest absolute Gasteiger partial charge is 0.379 e. The van der Waals surface area contributed by atoms with Crippen molar-refractivity contribution < 1.29 is 14.3 Å². The van der Waals surface area contributed by atoms with Crippen molar-refractivity contribution in [1.29, 1.82) is 0 Å². The second kappa shape index (κ2) is 6.11. The second-order valence-electron chi connectivity index (χ2n) is 4.03. The molecule has 0 bridgehead atoms. The molecule has 0 amide bonds. The first kappa shape index (κ1) is 12.6. The van der Waals surface area contributed by atoms with Gasteiger partial charge in [-0.15, -0.1) is 0 Å². The van der Waals surface area contributed by atoms with Gasteiger partial charge in [-0.05, 0) is 27.7 Å². The van der Waals surface area contributed by atoms with Crippen LogP contribution in [0.25, 0.3) is 0 Å². The molecule has 0 aliphatic heterocycles. The second-order valence-corrected chi connectivity index (χ2v) is 4.03. The highest BCUT2D eigenvalue weighted by molar-refractivity contribution is 5.75. The number of rotatable bonds is 6. The molecule has 13 heavy (non-hydrogen) atoms. The van der Waals surface area contributed by atoms with Gasteiger partial charge in [0.2, 0.25) is 0 Å². The standard InChI is InChI=1S/C10H20O3/c1-9(11)5-6-12-7-8-13-10(2,3)4/h5-8H2,1-4H3. The third-order valence-corrected chi connectivity index (χ3v) is 1.36. The first-order chi connectivity index (χ1) is 5.92. The van der Waals surface area contributed by atoms with E-state index in [0.717, 1.165) is 0 Å². The van der Waals surface area contributed by atoms with E-state index in [1.54, 1.807) is 6.92 Å². The molecular weight excluding hydrogens is 168 g/mol. The lowest BCUT2D eigenvalue weighted by molar-refractivity contribution is -0.118. The third-order valence-electron chi connectivity index (χ3n) is 1.36. The number of hydrogen-bond acceptors (Lipinski definition) is 3. The predicted molar refractivity (Wildman–Crippen MR) is 51.8 cm³/mol. The number of carbonyl (C=O) groups excluding carboxylic acids is 1. The first-order valence-corrected chi connectivity index (χ1v) is 4.63. The van der Waals surface area contributed by atoms with Gasteiger partial charge in [-0.1, -0.05) is 0 Å². The Morgan fingerprint density at radius 1 is 1.15 bits per heavy atom. The van der Waals surface area contributed by atoms with Gasteiger partial charge in [-0.2, -0.15) is 0 Å². The van der Waals surface area contributed by atoms with E-state index in [-0.39, 0.29) is 11.4 Å². The van der Waals surface area contributed by atoms with Gasteiger partial charge >= 0.3 is 0 Å². The van der Waals surface area contributed by atoms with Crippen molar-refractivity contribution in [2.75, 3.05) is 19.8 Å². The first-order valence-electron chi connectivity index (χ1n) is 4.63. The van der Waals surface area contributed by atoms with Crippen LogP contribution in [0.1, 0.15) is 34.1 Å². The number of ether oxygens (including phenoxy) is 2. The average Bonchev–Trinajstić information content (AvgIpc) is 1.93. The highest BCUT2D eigenvalue weighted by Crippen LogP contribution is 2.05. The van der Waals surface area contributed by atoms with Crippen molar-refractivity contribution in [1.82, 2.24) is 0 Å². The van der Waals surface area contributed by atoms with Crippen molar-refractivity contribution in [3.05, 3.63) is 0 Å². The van der Waals surface area contributed by atoms with E-state index in [2.05, 4.69) is 0 Å². The molecule has 0 N–H and O–H groups in total. The molecule has 0 aromatic rings. The maximum atomic E-state index is 10.5. The molecule has 0 radical (unpaired) electrons. The van der Waals surface area contributed by atoms with Crippen LogP contribution in [-0.4, -0.2) is 31.2 Å². The van der Waals surface area contributed by atoms with Crippen LogP contribution in [-0.2, 0) is 14.3 Å². The number of ketones is 1. The molecule has 0 aliphatic carbocycles. The van der Waals surface area contributed by atoms with Crippen LogP contribution in [0.2, 0.25) is 0 Å². The predicted octanol–water partition coefficient (Wildman–Crippen LogP) is 1.80. The van der Waals surface area contributed by atoms with Crippen LogP contribution < -0.4 is 0 Å². The van der Waals surface area contributed by atoms with Gasteiger partial charge in [0.1, 0.15) is 5.78 Å². The Bertz CT molecular complexity index is 147. The molecule has 0 aromatic carbocycles. The SMILES string of the molecule is CC(=O)CCOCCOC(C)(C)C. The highest BCUT2D eigenvalue weighted by atomic mass is 16.5. The lowest BCUT2D eigenvalue weighted by atomic mass is 10.2. The van der Waals surface area contributed by atoms with Gasteiger partial charge in [-0.25, -0.2) is 0 Å². The highest BCUT2D eigenvalue weighted by Gasteiger charge is 2.08. The van der Waals surface area contributed by atoms with Crippen molar-refractivity contribution in [2.45, 2.75) is 39.7 Å². The Kier molecular flexibility index (Phi) is 5.91. The lowest BCUT2D eigenvalue weighted by Gasteiger charge is -2.19. The van der Waals surface area contributed by atoms with Crippen LogP contribution >= 0.6 is 0 Å². The van der Waals surface area contributed by atoms with Crippen molar-refractivity contribution >= 4 is 5.78 Å². The molecule has 0 saturated carbocycles. The van der Waals surface area contributed by atoms with E-state index >= 15 is 0 Å². The van der Waals surface area contributed by atoms with Gasteiger partial charge in [0.25, 0.3) is 0 Å². The Morgan fingerprint density at radius 2 is 1.77 bits per heavy atom. The van der Waals surface area contributed by atoms with Crippen molar-refractivity contribution in [3.8, 4) is 0 Å². The summed E-state index contributed by atoms with van der Waals surface area (Å²) in [6, 6.07) is 0. The Hall–Kier alpha value is -0.410. The molecule has 0 aliphatic rings. The fraction of sp³-hybridized carbons (Fsp3) is 0.900. The summed E-state index contributed by atoms with van der Waals surface area (Å²) in [7, 11) is 0. The quantitative estimate of drug-likeness (QED) is 0.596. The molecule has 0 heterocycles. The van der Waals surface area contributed by atoms with Crippen molar-refractivity contribution in [3.63, 3.8) is 0 Å². The minimum atomic E-state index is -0.107. The van der Waals surface area contributed by atoms with E-state index in [9.17, 15) is 4.79 Å². The molecule has 0 spiro atoms. The molecule has 0 unspecified atom stereocenters. The van der Waals surface area contributed by atoms with Gasteiger partial charge < -0.3 is 9.47 Å². The van der Waals surface area contributed by atoms with Crippen LogP contribution in [0.3, 0.4) is 0 Å². The Morgan fingerprint density at radius 3 is 2.23 bits per heavy atom. The zero-order valence-corrected chi connectivity index (χ0v) is 9.05. The maximum Gasteiger partial charge on any atom is 0.132 e. The van der Waals surface area contributed by atoms with Gasteiger partial charge in [0.05, 0.1) is 25.4 Å².